The zero-order valence-electron chi connectivity index (χ0n) is 15.9. The Morgan fingerprint density at radius 1 is 1.21 bits per heavy atom. The number of ether oxygens (including phenoxy) is 1. The zero-order chi connectivity index (χ0) is 20.5. The number of furan rings is 1. The average Bonchev–Trinajstić information content (AvgIpc) is 3.40. The van der Waals surface area contributed by atoms with Gasteiger partial charge in [-0.05, 0) is 42.8 Å². The van der Waals surface area contributed by atoms with E-state index in [2.05, 4.69) is 15.6 Å². The fourth-order valence-electron chi connectivity index (χ4n) is 2.43. The molecular formula is C21H21N3O4S. The summed E-state index contributed by atoms with van der Waals surface area (Å²) in [7, 11) is 0. The maximum Gasteiger partial charge on any atom is 0.287 e. The molecule has 2 heterocycles. The van der Waals surface area contributed by atoms with Gasteiger partial charge < -0.3 is 19.8 Å². The van der Waals surface area contributed by atoms with Crippen molar-refractivity contribution in [2.75, 3.05) is 13.1 Å². The van der Waals surface area contributed by atoms with Crippen LogP contribution in [0.15, 0.2) is 58.5 Å². The molecule has 3 aromatic rings. The van der Waals surface area contributed by atoms with Crippen molar-refractivity contribution >= 4 is 29.2 Å². The highest BCUT2D eigenvalue weighted by Crippen LogP contribution is 2.17. The molecule has 3 rings (SSSR count). The van der Waals surface area contributed by atoms with Gasteiger partial charge in [0.1, 0.15) is 12.4 Å². The summed E-state index contributed by atoms with van der Waals surface area (Å²) >= 11 is 1.59. The standard InChI is InChI=1S/C21H21N3O4S/c1-15-24-17(14-29-15)13-28-18-5-2-4-16(12-18)7-8-20(25)22-9-10-23-21(26)19-6-3-11-27-19/h2-8,11-12,14H,9-10,13H2,1H3,(H,22,25)(H,23,26)/b8-7+. The molecular weight excluding hydrogens is 390 g/mol. The van der Waals surface area contributed by atoms with E-state index in [1.54, 1.807) is 29.5 Å². The van der Waals surface area contributed by atoms with E-state index in [9.17, 15) is 9.59 Å². The molecule has 2 amide bonds. The number of carbonyl (C=O) groups excluding carboxylic acids is 2. The van der Waals surface area contributed by atoms with Crippen molar-refractivity contribution in [1.29, 1.82) is 0 Å². The molecule has 0 radical (unpaired) electrons. The minimum Gasteiger partial charge on any atom is -0.487 e. The van der Waals surface area contributed by atoms with E-state index in [4.69, 9.17) is 9.15 Å². The minimum absolute atomic E-state index is 0.239. The van der Waals surface area contributed by atoms with Crippen molar-refractivity contribution in [2.24, 2.45) is 0 Å². The quantitative estimate of drug-likeness (QED) is 0.417. The summed E-state index contributed by atoms with van der Waals surface area (Å²) in [6, 6.07) is 10.7. The summed E-state index contributed by atoms with van der Waals surface area (Å²) in [6.07, 6.45) is 4.58. The first-order valence-corrected chi connectivity index (χ1v) is 9.89. The van der Waals surface area contributed by atoms with Crippen LogP contribution >= 0.6 is 11.3 Å². The molecule has 0 saturated heterocycles. The molecule has 150 valence electrons. The number of nitrogens with zero attached hydrogens (tertiary/aromatic N) is 1. The third-order valence-electron chi connectivity index (χ3n) is 3.79. The fraction of sp³-hybridized carbons (Fsp3) is 0.190. The van der Waals surface area contributed by atoms with Gasteiger partial charge in [-0.15, -0.1) is 11.3 Å². The number of aromatic nitrogens is 1. The number of thiazole rings is 1. The largest absolute Gasteiger partial charge is 0.487 e. The van der Waals surface area contributed by atoms with Crippen LogP contribution in [0.4, 0.5) is 0 Å². The molecule has 1 aromatic carbocycles. The lowest BCUT2D eigenvalue weighted by atomic mass is 10.2. The first kappa shape index (κ1) is 20.3. The highest BCUT2D eigenvalue weighted by atomic mass is 32.1. The predicted octanol–water partition coefficient (Wildman–Crippen LogP) is 3.18. The molecule has 2 aromatic heterocycles. The number of amides is 2. The summed E-state index contributed by atoms with van der Waals surface area (Å²) in [5.41, 5.74) is 1.74. The van der Waals surface area contributed by atoms with Crippen LogP contribution in [0.3, 0.4) is 0 Å². The predicted molar refractivity (Wildman–Crippen MR) is 111 cm³/mol. The zero-order valence-corrected chi connectivity index (χ0v) is 16.7. The van der Waals surface area contributed by atoms with Gasteiger partial charge >= 0.3 is 0 Å². The maximum atomic E-state index is 11.9. The van der Waals surface area contributed by atoms with Crippen molar-refractivity contribution in [3.8, 4) is 5.75 Å². The molecule has 0 fully saturated rings. The Morgan fingerprint density at radius 3 is 2.83 bits per heavy atom. The molecule has 0 aliphatic heterocycles. The van der Waals surface area contributed by atoms with Crippen LogP contribution in [0.5, 0.6) is 5.75 Å². The first-order valence-electron chi connectivity index (χ1n) is 9.01. The number of carbonyl (C=O) groups is 2. The Kier molecular flexibility index (Phi) is 7.18. The van der Waals surface area contributed by atoms with Crippen LogP contribution < -0.4 is 15.4 Å². The highest BCUT2D eigenvalue weighted by Gasteiger charge is 2.06. The van der Waals surface area contributed by atoms with Crippen LogP contribution in [0.1, 0.15) is 26.8 Å². The van der Waals surface area contributed by atoms with E-state index >= 15 is 0 Å². The van der Waals surface area contributed by atoms with E-state index in [1.165, 1.54) is 12.3 Å². The second kappa shape index (κ2) is 10.2. The summed E-state index contributed by atoms with van der Waals surface area (Å²) in [5, 5.41) is 8.35. The second-order valence-corrected chi connectivity index (χ2v) is 7.14. The van der Waals surface area contributed by atoms with Gasteiger partial charge in [0, 0.05) is 24.5 Å². The Bertz CT molecular complexity index is 979. The van der Waals surface area contributed by atoms with Gasteiger partial charge in [0.05, 0.1) is 17.0 Å². The van der Waals surface area contributed by atoms with E-state index in [0.29, 0.717) is 25.4 Å². The smallest absolute Gasteiger partial charge is 0.287 e. The molecule has 0 aliphatic rings. The van der Waals surface area contributed by atoms with Gasteiger partial charge in [-0.1, -0.05) is 12.1 Å². The van der Waals surface area contributed by atoms with E-state index < -0.39 is 0 Å². The number of nitrogens with one attached hydrogen (secondary N) is 2. The third kappa shape index (κ3) is 6.62. The third-order valence-corrected chi connectivity index (χ3v) is 4.62. The molecule has 0 atom stereocenters. The molecule has 0 saturated carbocycles. The van der Waals surface area contributed by atoms with Crippen molar-refractivity contribution in [1.82, 2.24) is 15.6 Å². The molecule has 29 heavy (non-hydrogen) atoms. The second-order valence-electron chi connectivity index (χ2n) is 6.08. The Hall–Kier alpha value is -3.39. The van der Waals surface area contributed by atoms with Crippen LogP contribution in [-0.2, 0) is 11.4 Å². The monoisotopic (exact) mass is 411 g/mol. The van der Waals surface area contributed by atoms with E-state index in [0.717, 1.165) is 16.3 Å². The molecule has 7 nitrogen and oxygen atoms in total. The number of hydrogen-bond acceptors (Lipinski definition) is 6. The number of aryl methyl sites for hydroxylation is 1. The van der Waals surface area contributed by atoms with Crippen molar-refractivity contribution < 1.29 is 18.7 Å². The molecule has 8 heteroatoms. The summed E-state index contributed by atoms with van der Waals surface area (Å²) in [4.78, 5) is 28.0. The normalized spacial score (nSPS) is 10.8. The lowest BCUT2D eigenvalue weighted by Crippen LogP contribution is -2.33. The van der Waals surface area contributed by atoms with Crippen LogP contribution in [0.25, 0.3) is 6.08 Å². The lowest BCUT2D eigenvalue weighted by Gasteiger charge is -2.05. The van der Waals surface area contributed by atoms with Gasteiger partial charge in [-0.25, -0.2) is 4.98 Å². The summed E-state index contributed by atoms with van der Waals surface area (Å²) < 4.78 is 10.7. The van der Waals surface area contributed by atoms with Crippen LogP contribution in [0, 0.1) is 6.92 Å². The molecule has 0 aliphatic carbocycles. The average molecular weight is 411 g/mol. The molecule has 0 spiro atoms. The van der Waals surface area contributed by atoms with Gasteiger partial charge in [-0.3, -0.25) is 9.59 Å². The molecule has 0 unspecified atom stereocenters. The van der Waals surface area contributed by atoms with Crippen molar-refractivity contribution in [2.45, 2.75) is 13.5 Å². The van der Waals surface area contributed by atoms with Gasteiger partial charge in [0.2, 0.25) is 5.91 Å². The maximum absolute atomic E-state index is 11.9. The number of hydrogen-bond donors (Lipinski definition) is 2. The van der Waals surface area contributed by atoms with Gasteiger partial charge in [-0.2, -0.15) is 0 Å². The number of rotatable bonds is 9. The fourth-order valence-corrected chi connectivity index (χ4v) is 3.02. The van der Waals surface area contributed by atoms with Crippen molar-refractivity contribution in [3.05, 3.63) is 76.1 Å². The molecule has 2 N–H and O–H groups in total. The van der Waals surface area contributed by atoms with E-state index in [1.807, 2.05) is 36.6 Å². The Labute approximate surface area is 172 Å². The van der Waals surface area contributed by atoms with Crippen LogP contribution in [-0.4, -0.2) is 29.9 Å². The Morgan fingerprint density at radius 2 is 2.07 bits per heavy atom. The van der Waals surface area contributed by atoms with Gasteiger partial charge in [0.15, 0.2) is 5.76 Å². The Balaban J connectivity index is 1.40. The van der Waals surface area contributed by atoms with E-state index in [-0.39, 0.29) is 17.6 Å². The first-order chi connectivity index (χ1) is 14.1. The SMILES string of the molecule is Cc1nc(COc2cccc(/C=C/C(=O)NCCNC(=O)c3ccco3)c2)cs1. The highest BCUT2D eigenvalue weighted by molar-refractivity contribution is 7.09. The summed E-state index contributed by atoms with van der Waals surface area (Å²) in [5.74, 6) is 0.382. The van der Waals surface area contributed by atoms with Crippen molar-refractivity contribution in [3.63, 3.8) is 0 Å². The van der Waals surface area contributed by atoms with Crippen LogP contribution in [0.2, 0.25) is 0 Å². The molecule has 0 bridgehead atoms. The topological polar surface area (TPSA) is 93.5 Å². The van der Waals surface area contributed by atoms with Gasteiger partial charge in [0.25, 0.3) is 5.91 Å². The summed E-state index contributed by atoms with van der Waals surface area (Å²) in [6.45, 7) is 2.98. The minimum atomic E-state index is -0.315. The lowest BCUT2D eigenvalue weighted by molar-refractivity contribution is -0.116. The number of benzene rings is 1.